The molecule has 0 saturated heterocycles. The highest BCUT2D eigenvalue weighted by molar-refractivity contribution is 6.01. The number of para-hydroxylation sites is 1. The summed E-state index contributed by atoms with van der Waals surface area (Å²) >= 11 is 0. The maximum absolute atomic E-state index is 13.7. The van der Waals surface area contributed by atoms with Gasteiger partial charge in [0.15, 0.2) is 0 Å². The molecule has 20 heavy (non-hydrogen) atoms. The molecule has 0 radical (unpaired) electrons. The summed E-state index contributed by atoms with van der Waals surface area (Å²) in [5.41, 5.74) is 2.21. The van der Waals surface area contributed by atoms with Crippen LogP contribution in [-0.2, 0) is 0 Å². The fraction of sp³-hybridized carbons (Fsp3) is 0.0667. The highest BCUT2D eigenvalue weighted by Crippen LogP contribution is 2.25. The molecule has 2 aromatic carbocycles. The summed E-state index contributed by atoms with van der Waals surface area (Å²) in [6.07, 6.45) is 1.51. The van der Waals surface area contributed by atoms with E-state index in [1.54, 1.807) is 35.8 Å². The molecule has 0 bridgehead atoms. The van der Waals surface area contributed by atoms with Crippen molar-refractivity contribution >= 4 is 17.0 Å². The van der Waals surface area contributed by atoms with Crippen LogP contribution >= 0.6 is 0 Å². The minimum absolute atomic E-state index is 0.142. The maximum atomic E-state index is 13.7. The van der Waals surface area contributed by atoms with E-state index in [0.717, 1.165) is 0 Å². The first-order valence-electron chi connectivity index (χ1n) is 6.04. The first kappa shape index (κ1) is 12.3. The third kappa shape index (κ3) is 1.75. The van der Waals surface area contributed by atoms with E-state index in [9.17, 15) is 14.3 Å². The number of halogens is 1. The molecule has 0 amide bonds. The number of imidazole rings is 1. The summed E-state index contributed by atoms with van der Waals surface area (Å²) in [5, 5.41) is 9.28. The minimum Gasteiger partial charge on any atom is -0.478 e. The summed E-state index contributed by atoms with van der Waals surface area (Å²) in [7, 11) is 0. The second-order valence-corrected chi connectivity index (χ2v) is 4.48. The number of fused-ring (bicyclic) bond motifs is 1. The van der Waals surface area contributed by atoms with Crippen LogP contribution in [0, 0.1) is 12.7 Å². The van der Waals surface area contributed by atoms with Crippen molar-refractivity contribution in [2.75, 3.05) is 0 Å². The van der Waals surface area contributed by atoms with Crippen molar-refractivity contribution in [3.05, 3.63) is 59.7 Å². The van der Waals surface area contributed by atoms with Crippen LogP contribution in [0.1, 0.15) is 15.9 Å². The van der Waals surface area contributed by atoms with Gasteiger partial charge in [-0.3, -0.25) is 4.57 Å². The van der Waals surface area contributed by atoms with Gasteiger partial charge in [-0.1, -0.05) is 12.1 Å². The fourth-order valence-electron chi connectivity index (χ4n) is 2.28. The topological polar surface area (TPSA) is 55.1 Å². The number of hydrogen-bond acceptors (Lipinski definition) is 2. The highest BCUT2D eigenvalue weighted by Gasteiger charge is 2.15. The van der Waals surface area contributed by atoms with E-state index < -0.39 is 5.97 Å². The zero-order valence-corrected chi connectivity index (χ0v) is 10.7. The van der Waals surface area contributed by atoms with Crippen molar-refractivity contribution in [2.45, 2.75) is 6.92 Å². The molecule has 1 aromatic heterocycles. The largest absolute Gasteiger partial charge is 0.478 e. The molecule has 1 heterocycles. The number of carboxylic acids is 1. The number of hydrogen-bond donors (Lipinski definition) is 1. The van der Waals surface area contributed by atoms with E-state index >= 15 is 0 Å². The molecule has 0 aliphatic rings. The molecular formula is C15H11FN2O2. The quantitative estimate of drug-likeness (QED) is 0.778. The van der Waals surface area contributed by atoms with Crippen molar-refractivity contribution in [1.82, 2.24) is 9.55 Å². The summed E-state index contributed by atoms with van der Waals surface area (Å²) in [6, 6.07) is 9.58. The van der Waals surface area contributed by atoms with Crippen molar-refractivity contribution in [2.24, 2.45) is 0 Å². The molecule has 0 saturated carbocycles. The number of aromatic carboxylic acids is 1. The summed E-state index contributed by atoms with van der Waals surface area (Å²) in [4.78, 5) is 15.5. The van der Waals surface area contributed by atoms with E-state index in [-0.39, 0.29) is 11.4 Å². The number of carboxylic acid groups (broad SMARTS) is 1. The van der Waals surface area contributed by atoms with Crippen LogP contribution in [0.4, 0.5) is 4.39 Å². The van der Waals surface area contributed by atoms with E-state index in [4.69, 9.17) is 0 Å². The van der Waals surface area contributed by atoms with Crippen molar-refractivity contribution < 1.29 is 14.3 Å². The van der Waals surface area contributed by atoms with Gasteiger partial charge in [-0.05, 0) is 31.2 Å². The molecule has 5 heteroatoms. The van der Waals surface area contributed by atoms with Gasteiger partial charge in [0.25, 0.3) is 0 Å². The molecule has 0 fully saturated rings. The normalized spacial score (nSPS) is 10.9. The Morgan fingerprint density at radius 2 is 2.00 bits per heavy atom. The molecule has 0 atom stereocenters. The predicted octanol–water partition coefficient (Wildman–Crippen LogP) is 3.17. The van der Waals surface area contributed by atoms with Gasteiger partial charge in [0, 0.05) is 5.56 Å². The number of aromatic nitrogens is 2. The van der Waals surface area contributed by atoms with Crippen LogP contribution in [-0.4, -0.2) is 20.6 Å². The Balaban J connectivity index is 2.38. The average molecular weight is 270 g/mol. The minimum atomic E-state index is -1.04. The number of carbonyl (C=O) groups is 1. The zero-order chi connectivity index (χ0) is 14.3. The molecule has 100 valence electrons. The molecule has 0 unspecified atom stereocenters. The van der Waals surface area contributed by atoms with Gasteiger partial charge in [-0.25, -0.2) is 14.2 Å². The predicted molar refractivity (Wildman–Crippen MR) is 72.7 cm³/mol. The zero-order valence-electron chi connectivity index (χ0n) is 10.7. The molecule has 1 N–H and O–H groups in total. The van der Waals surface area contributed by atoms with Crippen molar-refractivity contribution in [1.29, 1.82) is 0 Å². The molecule has 0 aliphatic heterocycles. The van der Waals surface area contributed by atoms with E-state index in [2.05, 4.69) is 4.98 Å². The lowest BCUT2D eigenvalue weighted by atomic mass is 10.1. The third-order valence-corrected chi connectivity index (χ3v) is 3.30. The standard InChI is InChI=1S/C15H11FN2O2/c1-9-11(16)5-3-7-13(9)18-8-17-12-6-2-4-10(14(12)18)15(19)20/h2-8H,1H3,(H,19,20). The number of rotatable bonds is 2. The van der Waals surface area contributed by atoms with Gasteiger partial charge in [-0.2, -0.15) is 0 Å². The maximum Gasteiger partial charge on any atom is 0.337 e. The highest BCUT2D eigenvalue weighted by atomic mass is 19.1. The van der Waals surface area contributed by atoms with Gasteiger partial charge >= 0.3 is 5.97 Å². The first-order chi connectivity index (χ1) is 9.59. The van der Waals surface area contributed by atoms with Gasteiger partial charge < -0.3 is 5.11 Å². The van der Waals surface area contributed by atoms with Crippen LogP contribution < -0.4 is 0 Å². The van der Waals surface area contributed by atoms with Crippen LogP contribution in [0.3, 0.4) is 0 Å². The monoisotopic (exact) mass is 270 g/mol. The second kappa shape index (κ2) is 4.45. The van der Waals surface area contributed by atoms with Crippen LogP contribution in [0.5, 0.6) is 0 Å². The Hall–Kier alpha value is -2.69. The SMILES string of the molecule is Cc1c(F)cccc1-n1cnc2cccc(C(=O)O)c21. The summed E-state index contributed by atoms with van der Waals surface area (Å²) in [6.45, 7) is 1.65. The summed E-state index contributed by atoms with van der Waals surface area (Å²) in [5.74, 6) is -1.37. The average Bonchev–Trinajstić information content (AvgIpc) is 2.85. The van der Waals surface area contributed by atoms with Crippen molar-refractivity contribution in [3.63, 3.8) is 0 Å². The molecule has 0 aliphatic carbocycles. The van der Waals surface area contributed by atoms with Crippen LogP contribution in [0.15, 0.2) is 42.7 Å². The lowest BCUT2D eigenvalue weighted by molar-refractivity contribution is 0.0698. The van der Waals surface area contributed by atoms with Crippen molar-refractivity contribution in [3.8, 4) is 5.69 Å². The van der Waals surface area contributed by atoms with Crippen LogP contribution in [0.2, 0.25) is 0 Å². The number of nitrogens with zero attached hydrogens (tertiary/aromatic N) is 2. The second-order valence-electron chi connectivity index (χ2n) is 4.48. The Morgan fingerprint density at radius 3 is 2.75 bits per heavy atom. The van der Waals surface area contributed by atoms with Gasteiger partial charge in [0.1, 0.15) is 12.1 Å². The van der Waals surface area contributed by atoms with Gasteiger partial charge in [0.05, 0.1) is 22.3 Å². The Labute approximate surface area is 114 Å². The molecule has 3 rings (SSSR count). The van der Waals surface area contributed by atoms with Gasteiger partial charge in [0.2, 0.25) is 0 Å². The first-order valence-corrected chi connectivity index (χ1v) is 6.04. The molecular weight excluding hydrogens is 259 g/mol. The van der Waals surface area contributed by atoms with Crippen LogP contribution in [0.25, 0.3) is 16.7 Å². The lowest BCUT2D eigenvalue weighted by Gasteiger charge is -2.10. The Bertz CT molecular complexity index is 824. The van der Waals surface area contributed by atoms with Gasteiger partial charge in [-0.15, -0.1) is 0 Å². The Kier molecular flexibility index (Phi) is 2.75. The molecule has 0 spiro atoms. The van der Waals surface area contributed by atoms with E-state index in [0.29, 0.717) is 22.3 Å². The number of benzene rings is 2. The van der Waals surface area contributed by atoms with E-state index in [1.807, 2.05) is 0 Å². The third-order valence-electron chi connectivity index (χ3n) is 3.30. The summed E-state index contributed by atoms with van der Waals surface area (Å²) < 4.78 is 15.3. The van der Waals surface area contributed by atoms with E-state index in [1.165, 1.54) is 18.5 Å². The smallest absolute Gasteiger partial charge is 0.337 e. The lowest BCUT2D eigenvalue weighted by Crippen LogP contribution is -2.03. The Morgan fingerprint density at radius 1 is 1.25 bits per heavy atom. The molecule has 4 nitrogen and oxygen atoms in total. The molecule has 3 aromatic rings. The fourth-order valence-corrected chi connectivity index (χ4v) is 2.28.